The van der Waals surface area contributed by atoms with E-state index >= 15 is 0 Å². The van der Waals surface area contributed by atoms with Crippen molar-refractivity contribution in [3.05, 3.63) is 6.42 Å². The van der Waals surface area contributed by atoms with Gasteiger partial charge in [0.1, 0.15) is 12.4 Å². The van der Waals surface area contributed by atoms with Crippen molar-refractivity contribution in [3.63, 3.8) is 0 Å². The van der Waals surface area contributed by atoms with E-state index in [1.54, 1.807) is 6.92 Å². The van der Waals surface area contributed by atoms with Crippen LogP contribution in [0.3, 0.4) is 0 Å². The first-order valence-electron chi connectivity index (χ1n) is 6.04. The van der Waals surface area contributed by atoms with Gasteiger partial charge in [-0.1, -0.05) is 6.92 Å². The van der Waals surface area contributed by atoms with Gasteiger partial charge in [-0.2, -0.15) is 0 Å². The predicted octanol–water partition coefficient (Wildman–Crippen LogP) is -1.17. The van der Waals surface area contributed by atoms with E-state index in [0.717, 1.165) is 0 Å². The minimum absolute atomic E-state index is 0.000744. The maximum Gasteiger partial charge on any atom is 0.220 e. The molecule has 1 amide bonds. The Kier molecular flexibility index (Phi) is 3.77. The van der Waals surface area contributed by atoms with Gasteiger partial charge in [0.2, 0.25) is 5.91 Å². The van der Waals surface area contributed by atoms with Gasteiger partial charge in [0, 0.05) is 18.9 Å². The number of nitrogens with one attached hydrogen (secondary N) is 1. The van der Waals surface area contributed by atoms with Gasteiger partial charge in [0.05, 0.1) is 18.1 Å². The van der Waals surface area contributed by atoms with E-state index in [0.29, 0.717) is 13.0 Å². The van der Waals surface area contributed by atoms with Crippen molar-refractivity contribution in [1.29, 1.82) is 0 Å². The SMILES string of the molecule is CC(C[CH]C(=O)C1CNC2C(=O)COC12)C(N)=O. The van der Waals surface area contributed by atoms with Gasteiger partial charge in [0.15, 0.2) is 5.78 Å². The van der Waals surface area contributed by atoms with Gasteiger partial charge in [-0.3, -0.25) is 14.4 Å². The molecule has 18 heavy (non-hydrogen) atoms. The van der Waals surface area contributed by atoms with Crippen molar-refractivity contribution >= 4 is 17.5 Å². The first-order chi connectivity index (χ1) is 8.50. The van der Waals surface area contributed by atoms with Crippen LogP contribution in [0.1, 0.15) is 13.3 Å². The monoisotopic (exact) mass is 253 g/mol. The maximum atomic E-state index is 12.0. The molecule has 2 heterocycles. The van der Waals surface area contributed by atoms with Gasteiger partial charge < -0.3 is 15.8 Å². The Labute approximate surface area is 105 Å². The highest BCUT2D eigenvalue weighted by Gasteiger charge is 2.47. The normalized spacial score (nSPS) is 32.3. The zero-order chi connectivity index (χ0) is 13.3. The lowest BCUT2D eigenvalue weighted by Crippen LogP contribution is -2.34. The fraction of sp³-hybridized carbons (Fsp3) is 0.667. The minimum atomic E-state index is -0.422. The van der Waals surface area contributed by atoms with Crippen LogP contribution in [0.2, 0.25) is 0 Å². The van der Waals surface area contributed by atoms with E-state index < -0.39 is 5.91 Å². The molecule has 6 nitrogen and oxygen atoms in total. The number of carbonyl (C=O) groups is 3. The summed E-state index contributed by atoms with van der Waals surface area (Å²) in [5, 5.41) is 3.00. The van der Waals surface area contributed by atoms with E-state index in [4.69, 9.17) is 10.5 Å². The van der Waals surface area contributed by atoms with Crippen LogP contribution in [-0.2, 0) is 19.1 Å². The molecule has 0 aromatic heterocycles. The quantitative estimate of drug-likeness (QED) is 0.643. The second-order valence-corrected chi connectivity index (χ2v) is 4.88. The number of primary amides is 1. The molecule has 2 aliphatic heterocycles. The summed E-state index contributed by atoms with van der Waals surface area (Å²) in [6.45, 7) is 2.20. The molecule has 0 bridgehead atoms. The number of rotatable bonds is 5. The number of hydrogen-bond donors (Lipinski definition) is 2. The Balaban J connectivity index is 1.87. The van der Waals surface area contributed by atoms with Crippen LogP contribution in [0, 0.1) is 18.3 Å². The fourth-order valence-electron chi connectivity index (χ4n) is 2.32. The average molecular weight is 253 g/mol. The molecule has 0 aromatic carbocycles. The first-order valence-corrected chi connectivity index (χ1v) is 6.04. The molecule has 99 valence electrons. The van der Waals surface area contributed by atoms with Gasteiger partial charge in [-0.15, -0.1) is 0 Å². The molecular weight excluding hydrogens is 236 g/mol. The average Bonchev–Trinajstić information content (AvgIpc) is 2.89. The summed E-state index contributed by atoms with van der Waals surface area (Å²) in [5.41, 5.74) is 5.13. The van der Waals surface area contributed by atoms with Gasteiger partial charge in [-0.25, -0.2) is 0 Å². The predicted molar refractivity (Wildman–Crippen MR) is 62.3 cm³/mol. The van der Waals surface area contributed by atoms with Crippen molar-refractivity contribution in [2.45, 2.75) is 25.5 Å². The first kappa shape index (κ1) is 13.2. The van der Waals surface area contributed by atoms with Gasteiger partial charge >= 0.3 is 0 Å². The van der Waals surface area contributed by atoms with Crippen molar-refractivity contribution in [1.82, 2.24) is 5.32 Å². The summed E-state index contributed by atoms with van der Waals surface area (Å²) in [7, 11) is 0. The highest BCUT2D eigenvalue weighted by Crippen LogP contribution is 2.26. The third kappa shape index (κ3) is 2.44. The molecule has 0 spiro atoms. The molecule has 2 fully saturated rings. The Hall–Kier alpha value is -1.27. The Morgan fingerprint density at radius 2 is 2.33 bits per heavy atom. The second-order valence-electron chi connectivity index (χ2n) is 4.88. The summed E-state index contributed by atoms with van der Waals surface area (Å²) in [6.07, 6.45) is 1.46. The van der Waals surface area contributed by atoms with Crippen LogP contribution >= 0.6 is 0 Å². The molecule has 4 atom stereocenters. The van der Waals surface area contributed by atoms with Gasteiger partial charge in [-0.05, 0) is 6.42 Å². The topological polar surface area (TPSA) is 98.5 Å². The molecule has 0 saturated carbocycles. The number of hydrogen-bond acceptors (Lipinski definition) is 5. The van der Waals surface area contributed by atoms with E-state index in [1.807, 2.05) is 0 Å². The molecule has 0 aromatic rings. The lowest BCUT2D eigenvalue weighted by atomic mass is 9.92. The summed E-state index contributed by atoms with van der Waals surface area (Å²) in [6, 6.07) is -0.346. The number of nitrogens with two attached hydrogens (primary N) is 1. The molecule has 3 N–H and O–H groups in total. The maximum absolute atomic E-state index is 12.0. The van der Waals surface area contributed by atoms with Crippen LogP contribution < -0.4 is 11.1 Å². The lowest BCUT2D eigenvalue weighted by molar-refractivity contribution is -0.123. The van der Waals surface area contributed by atoms with E-state index in [-0.39, 0.29) is 42.2 Å². The molecule has 6 heteroatoms. The van der Waals surface area contributed by atoms with Crippen molar-refractivity contribution in [3.8, 4) is 0 Å². The lowest BCUT2D eigenvalue weighted by Gasteiger charge is -2.15. The molecule has 2 aliphatic rings. The summed E-state index contributed by atoms with van der Waals surface area (Å²) < 4.78 is 5.33. The molecular formula is C12H17N2O4. The number of fused-ring (bicyclic) bond motifs is 1. The number of Topliss-reactive ketones (excluding diaryl/α,β-unsaturated/α-hetero) is 2. The second kappa shape index (κ2) is 5.16. The third-order valence-corrected chi connectivity index (χ3v) is 3.57. The van der Waals surface area contributed by atoms with Crippen molar-refractivity contribution < 1.29 is 19.1 Å². The van der Waals surface area contributed by atoms with E-state index in [9.17, 15) is 14.4 Å². The van der Waals surface area contributed by atoms with Crippen LogP contribution in [0.15, 0.2) is 0 Å². The Morgan fingerprint density at radius 3 is 3.00 bits per heavy atom. The fourth-order valence-corrected chi connectivity index (χ4v) is 2.32. The Morgan fingerprint density at radius 1 is 1.61 bits per heavy atom. The smallest absolute Gasteiger partial charge is 0.220 e. The molecule has 4 unspecified atom stereocenters. The number of amides is 1. The largest absolute Gasteiger partial charge is 0.369 e. The van der Waals surface area contributed by atoms with Gasteiger partial charge in [0.25, 0.3) is 0 Å². The molecule has 1 radical (unpaired) electrons. The number of ketones is 2. The van der Waals surface area contributed by atoms with Crippen LogP contribution in [0.25, 0.3) is 0 Å². The third-order valence-electron chi connectivity index (χ3n) is 3.57. The Bertz CT molecular complexity index is 382. The standard InChI is InChI=1S/C12H17N2O4/c1-6(12(13)17)2-3-8(15)7-4-14-10-9(16)5-18-11(7)10/h3,6-7,10-11,14H,2,4-5H2,1H3,(H2,13,17). The summed E-state index contributed by atoms with van der Waals surface area (Å²) >= 11 is 0. The number of carbonyl (C=O) groups excluding carboxylic acids is 3. The summed E-state index contributed by atoms with van der Waals surface area (Å²) in [4.78, 5) is 34.3. The highest BCUT2D eigenvalue weighted by molar-refractivity contribution is 5.94. The van der Waals surface area contributed by atoms with E-state index in [2.05, 4.69) is 5.32 Å². The molecule has 2 saturated heterocycles. The highest BCUT2D eigenvalue weighted by atomic mass is 16.5. The molecule has 2 rings (SSSR count). The number of ether oxygens (including phenoxy) is 1. The zero-order valence-corrected chi connectivity index (χ0v) is 10.2. The molecule has 0 aliphatic carbocycles. The van der Waals surface area contributed by atoms with Crippen molar-refractivity contribution in [2.75, 3.05) is 13.2 Å². The van der Waals surface area contributed by atoms with Crippen LogP contribution in [0.5, 0.6) is 0 Å². The summed E-state index contributed by atoms with van der Waals surface area (Å²) in [5.74, 6) is -1.20. The van der Waals surface area contributed by atoms with Crippen LogP contribution in [-0.4, -0.2) is 42.8 Å². The van der Waals surface area contributed by atoms with Crippen LogP contribution in [0.4, 0.5) is 0 Å². The van der Waals surface area contributed by atoms with Crippen molar-refractivity contribution in [2.24, 2.45) is 17.6 Å². The van der Waals surface area contributed by atoms with E-state index in [1.165, 1.54) is 6.42 Å². The zero-order valence-electron chi connectivity index (χ0n) is 10.2. The minimum Gasteiger partial charge on any atom is -0.369 e.